The number of hydrogen-bond donors (Lipinski definition) is 2. The molecule has 2 aliphatic carbocycles. The van der Waals surface area contributed by atoms with E-state index in [4.69, 9.17) is 4.74 Å². The molecule has 1 aromatic carbocycles. The first kappa shape index (κ1) is 16.5. The second-order valence-electron chi connectivity index (χ2n) is 8.27. The summed E-state index contributed by atoms with van der Waals surface area (Å²) >= 11 is 0. The molecule has 2 N–H and O–H groups in total. The van der Waals surface area contributed by atoms with Gasteiger partial charge in [-0.1, -0.05) is 12.1 Å². The van der Waals surface area contributed by atoms with Gasteiger partial charge in [0.15, 0.2) is 11.5 Å². The lowest BCUT2D eigenvalue weighted by Gasteiger charge is -2.64. The van der Waals surface area contributed by atoms with E-state index < -0.39 is 23.2 Å². The first-order chi connectivity index (χ1) is 12.4. The van der Waals surface area contributed by atoms with Gasteiger partial charge in [-0.2, -0.15) is 0 Å². The van der Waals surface area contributed by atoms with E-state index in [9.17, 15) is 14.7 Å². The fraction of sp³-hybridized carbons (Fsp3) is 0.600. The van der Waals surface area contributed by atoms with E-state index in [0.717, 1.165) is 29.3 Å². The van der Waals surface area contributed by atoms with Crippen molar-refractivity contribution in [2.24, 2.45) is 0 Å². The van der Waals surface area contributed by atoms with Crippen molar-refractivity contribution in [2.45, 2.75) is 54.9 Å². The van der Waals surface area contributed by atoms with Crippen LogP contribution < -0.4 is 4.74 Å². The summed E-state index contributed by atoms with van der Waals surface area (Å²) in [5.41, 5.74) is 0.370. The van der Waals surface area contributed by atoms with Crippen LogP contribution in [0.4, 0.5) is 4.48 Å². The zero-order valence-electron chi connectivity index (χ0n) is 15.0. The van der Waals surface area contributed by atoms with E-state index in [-0.39, 0.29) is 11.8 Å². The molecule has 0 radical (unpaired) electrons. The molecule has 1 saturated heterocycles. The summed E-state index contributed by atoms with van der Waals surface area (Å²) in [5.74, 6) is 0.539. The van der Waals surface area contributed by atoms with Crippen LogP contribution in [0, 0.1) is 0 Å². The Balaban J connectivity index is 1.76. The normalized spacial score (nSPS) is 40.2. The van der Waals surface area contributed by atoms with Crippen molar-refractivity contribution >= 4 is 0 Å². The quantitative estimate of drug-likeness (QED) is 0.637. The molecule has 5 atom stereocenters. The van der Waals surface area contributed by atoms with Crippen molar-refractivity contribution in [1.29, 1.82) is 0 Å². The maximum atomic E-state index is 14.3. The maximum Gasteiger partial charge on any atom is 0.165 e. The molecule has 4 aliphatic rings. The van der Waals surface area contributed by atoms with Gasteiger partial charge in [-0.3, -0.25) is 4.90 Å². The van der Waals surface area contributed by atoms with Gasteiger partial charge in [-0.15, -0.1) is 16.2 Å². The summed E-state index contributed by atoms with van der Waals surface area (Å²) in [7, 11) is 1.42. The van der Waals surface area contributed by atoms with Crippen molar-refractivity contribution in [1.82, 2.24) is 10.0 Å². The van der Waals surface area contributed by atoms with Crippen molar-refractivity contribution in [2.75, 3.05) is 20.1 Å². The Morgan fingerprint density at radius 1 is 1.46 bits per heavy atom. The highest BCUT2D eigenvalue weighted by Gasteiger charge is 2.73. The molecule has 26 heavy (non-hydrogen) atoms. The fourth-order valence-corrected chi connectivity index (χ4v) is 6.35. The van der Waals surface area contributed by atoms with E-state index in [2.05, 4.69) is 11.5 Å². The van der Waals surface area contributed by atoms with Crippen LogP contribution in [-0.2, 0) is 11.8 Å². The third-order valence-corrected chi connectivity index (χ3v) is 7.36. The fourth-order valence-electron chi connectivity index (χ4n) is 6.35. The van der Waals surface area contributed by atoms with Crippen LogP contribution in [0.25, 0.3) is 0 Å². The van der Waals surface area contributed by atoms with Crippen LogP contribution in [0.5, 0.6) is 11.5 Å². The predicted octanol–water partition coefficient (Wildman–Crippen LogP) is 1.92. The molecule has 1 unspecified atom stereocenters. The van der Waals surface area contributed by atoms with E-state index in [1.807, 2.05) is 12.1 Å². The molecular formula is C20H25FN2O3. The second-order valence-corrected chi connectivity index (χ2v) is 8.27. The van der Waals surface area contributed by atoms with Crippen LogP contribution in [0.1, 0.15) is 30.4 Å². The highest BCUT2D eigenvalue weighted by Crippen LogP contribution is 2.65. The molecule has 1 saturated carbocycles. The smallest absolute Gasteiger partial charge is 0.165 e. The molecular weight excluding hydrogens is 335 g/mol. The molecule has 0 aromatic heterocycles. The molecule has 140 valence electrons. The predicted molar refractivity (Wildman–Crippen MR) is 94.9 cm³/mol. The number of piperidine rings is 1. The van der Waals surface area contributed by atoms with Crippen molar-refractivity contribution in [3.05, 3.63) is 35.9 Å². The first-order valence-electron chi connectivity index (χ1n) is 9.42. The molecule has 5 rings (SSSR count). The summed E-state index contributed by atoms with van der Waals surface area (Å²) in [6.07, 6.45) is 3.83. The van der Waals surface area contributed by atoms with E-state index in [0.29, 0.717) is 31.4 Å². The summed E-state index contributed by atoms with van der Waals surface area (Å²) in [5, 5.41) is 23.2. The van der Waals surface area contributed by atoms with Gasteiger partial charge in [-0.05, 0) is 43.9 Å². The molecule has 0 amide bonds. The Kier molecular flexibility index (Phi) is 3.31. The summed E-state index contributed by atoms with van der Waals surface area (Å²) in [6, 6.07) is 3.12. The lowest BCUT2D eigenvalue weighted by Crippen LogP contribution is -2.77. The third kappa shape index (κ3) is 1.71. The molecule has 1 spiro atoms. The minimum Gasteiger partial charge on any atom is -0.504 e. The monoisotopic (exact) mass is 360 g/mol. The van der Waals surface area contributed by atoms with Gasteiger partial charge in [0.25, 0.3) is 0 Å². The summed E-state index contributed by atoms with van der Waals surface area (Å²) < 4.78 is 20.5. The van der Waals surface area contributed by atoms with Gasteiger partial charge in [0.1, 0.15) is 6.10 Å². The van der Waals surface area contributed by atoms with Crippen molar-refractivity contribution < 1.29 is 19.4 Å². The molecule has 5 nitrogen and oxygen atoms in total. The average Bonchev–Trinajstić information content (AvgIpc) is 2.94. The first-order valence-corrected chi connectivity index (χ1v) is 9.42. The number of likely N-dealkylation sites (tertiary alicyclic amines) is 1. The number of halogens is 1. The highest BCUT2D eigenvalue weighted by atomic mass is 19.2. The number of phenols is 1. The van der Waals surface area contributed by atoms with Crippen LogP contribution in [0.3, 0.4) is 0 Å². The summed E-state index contributed by atoms with van der Waals surface area (Å²) in [4.78, 5) is 2.29. The Hall–Kier alpha value is -1.63. The largest absolute Gasteiger partial charge is 0.504 e. The molecule has 2 bridgehead atoms. The number of aliphatic hydroxyl groups is 1. The standard InChI is InChI=1S/C20H25FN2O3/c1-3-9-23-10-8-19-16-12-4-5-14(24)17(16)26-18(19)13(22(2)21)6-7-20(19,25)15(23)11-12/h3-5,13,15,18,24-25H,1,6-11H2,2H3/t13?,15-,18+,19+,20-/m1/s1. The van der Waals surface area contributed by atoms with E-state index in [1.54, 1.807) is 6.07 Å². The lowest BCUT2D eigenvalue weighted by molar-refractivity contribution is -0.210. The van der Waals surface area contributed by atoms with Gasteiger partial charge in [0, 0.05) is 25.2 Å². The van der Waals surface area contributed by atoms with Gasteiger partial charge >= 0.3 is 0 Å². The van der Waals surface area contributed by atoms with Crippen molar-refractivity contribution in [3.8, 4) is 11.5 Å². The zero-order chi connectivity index (χ0) is 18.3. The minimum atomic E-state index is -0.989. The second kappa shape index (κ2) is 5.21. The molecule has 6 heteroatoms. The van der Waals surface area contributed by atoms with Gasteiger partial charge < -0.3 is 14.9 Å². The maximum absolute atomic E-state index is 14.3. The molecule has 1 aromatic rings. The molecule has 2 aliphatic heterocycles. The Morgan fingerprint density at radius 2 is 2.27 bits per heavy atom. The SMILES string of the molecule is C=CCN1CC[C@]23c4c5ccc(O)c4O[C@H]2C(N(C)F)CC[C@@]3(O)[C@H]1C5. The van der Waals surface area contributed by atoms with Crippen LogP contribution >= 0.6 is 0 Å². The molecule has 2 heterocycles. The van der Waals surface area contributed by atoms with E-state index in [1.165, 1.54) is 7.05 Å². The number of likely N-dealkylation sites (N-methyl/N-ethyl adjacent to an activating group) is 1. The van der Waals surface area contributed by atoms with Crippen molar-refractivity contribution in [3.63, 3.8) is 0 Å². The summed E-state index contributed by atoms with van der Waals surface area (Å²) in [6.45, 7) is 5.39. The zero-order valence-corrected chi connectivity index (χ0v) is 15.0. The topological polar surface area (TPSA) is 56.2 Å². The van der Waals surface area contributed by atoms with Crippen LogP contribution in [-0.4, -0.2) is 64.2 Å². The number of hydrogen-bond acceptors (Lipinski definition) is 5. The van der Waals surface area contributed by atoms with Gasteiger partial charge in [0.05, 0.1) is 17.1 Å². The van der Waals surface area contributed by atoms with Crippen LogP contribution in [0.2, 0.25) is 0 Å². The number of aromatic hydroxyl groups is 1. The number of ether oxygens (including phenoxy) is 1. The lowest BCUT2D eigenvalue weighted by atomic mass is 9.48. The Bertz CT molecular complexity index is 785. The minimum absolute atomic E-state index is 0.0470. The molecule has 2 fully saturated rings. The van der Waals surface area contributed by atoms with Gasteiger partial charge in [0.2, 0.25) is 0 Å². The third-order valence-electron chi connectivity index (χ3n) is 7.36. The van der Waals surface area contributed by atoms with Gasteiger partial charge in [-0.25, -0.2) is 0 Å². The number of nitrogens with zero attached hydrogens (tertiary/aromatic N) is 2. The average molecular weight is 360 g/mol. The highest BCUT2D eigenvalue weighted by molar-refractivity contribution is 5.62. The number of benzene rings is 1. The number of rotatable bonds is 3. The Labute approximate surface area is 152 Å². The number of phenolic OH excluding ortho intramolecular Hbond substituents is 1. The van der Waals surface area contributed by atoms with Crippen LogP contribution in [0.15, 0.2) is 24.8 Å². The van der Waals surface area contributed by atoms with E-state index >= 15 is 0 Å². The Morgan fingerprint density at radius 3 is 3.00 bits per heavy atom.